The molecule has 5 aromatic carbocycles. The first-order valence-corrected chi connectivity index (χ1v) is 16.1. The fourth-order valence-electron chi connectivity index (χ4n) is 6.01. The summed E-state index contributed by atoms with van der Waals surface area (Å²) >= 11 is 0. The van der Waals surface area contributed by atoms with E-state index in [0.29, 0.717) is 5.39 Å². The number of ketones is 1. The Bertz CT molecular complexity index is 2000. The van der Waals surface area contributed by atoms with E-state index in [4.69, 9.17) is 18.9 Å². The highest BCUT2D eigenvalue weighted by Crippen LogP contribution is 2.43. The highest BCUT2D eigenvalue weighted by molar-refractivity contribution is 6.00. The molecule has 260 valence electrons. The summed E-state index contributed by atoms with van der Waals surface area (Å²) in [5.74, 6) is -6.29. The van der Waals surface area contributed by atoms with Gasteiger partial charge in [0, 0.05) is 12.0 Å². The van der Waals surface area contributed by atoms with Crippen molar-refractivity contribution in [1.29, 1.82) is 0 Å². The minimum absolute atomic E-state index is 0.00262. The SMILES string of the molecule is O=C(CC1OC(COC(=O)c2ccccc2)C(OC(=O)c2ccccc2)C(OC(=O)c2ccccc2)C1C(F)(F)F)c1ccc2ccccc2c1. The van der Waals surface area contributed by atoms with Crippen molar-refractivity contribution < 1.29 is 51.3 Å². The smallest absolute Gasteiger partial charge is 0.398 e. The highest BCUT2D eigenvalue weighted by atomic mass is 19.4. The van der Waals surface area contributed by atoms with E-state index in [1.54, 1.807) is 54.6 Å². The molecule has 1 aliphatic rings. The van der Waals surface area contributed by atoms with E-state index in [-0.39, 0.29) is 22.3 Å². The molecule has 0 saturated carbocycles. The number of esters is 3. The van der Waals surface area contributed by atoms with Gasteiger partial charge in [-0.3, -0.25) is 4.79 Å². The topological polar surface area (TPSA) is 105 Å². The average Bonchev–Trinajstić information content (AvgIpc) is 3.15. The van der Waals surface area contributed by atoms with Crippen molar-refractivity contribution in [2.45, 2.75) is 37.0 Å². The third-order valence-electron chi connectivity index (χ3n) is 8.52. The second-order valence-electron chi connectivity index (χ2n) is 11.9. The average molecular weight is 697 g/mol. The van der Waals surface area contributed by atoms with Gasteiger partial charge in [-0.05, 0) is 53.2 Å². The molecule has 1 saturated heterocycles. The largest absolute Gasteiger partial charge is 0.459 e. The second kappa shape index (κ2) is 15.4. The number of alkyl halides is 3. The van der Waals surface area contributed by atoms with Crippen molar-refractivity contribution in [3.8, 4) is 0 Å². The zero-order chi connectivity index (χ0) is 36.0. The number of halogens is 3. The Hall–Kier alpha value is -5.81. The minimum Gasteiger partial charge on any atom is -0.459 e. The molecule has 1 fully saturated rings. The van der Waals surface area contributed by atoms with Crippen molar-refractivity contribution >= 4 is 34.5 Å². The molecule has 1 aliphatic heterocycles. The van der Waals surface area contributed by atoms with Gasteiger partial charge in [0.15, 0.2) is 18.0 Å². The molecule has 1 heterocycles. The summed E-state index contributed by atoms with van der Waals surface area (Å²) in [4.78, 5) is 53.4. The van der Waals surface area contributed by atoms with Crippen LogP contribution in [0.3, 0.4) is 0 Å². The van der Waals surface area contributed by atoms with Gasteiger partial charge in [-0.1, -0.05) is 91.0 Å². The van der Waals surface area contributed by atoms with E-state index in [1.807, 2.05) is 12.1 Å². The lowest BCUT2D eigenvalue weighted by atomic mass is 9.82. The molecule has 6 rings (SSSR count). The molecule has 0 aliphatic carbocycles. The highest BCUT2D eigenvalue weighted by Gasteiger charge is 2.61. The van der Waals surface area contributed by atoms with Crippen LogP contribution in [-0.2, 0) is 18.9 Å². The number of hydrogen-bond acceptors (Lipinski definition) is 8. The predicted molar refractivity (Wildman–Crippen MR) is 179 cm³/mol. The molecule has 0 aromatic heterocycles. The van der Waals surface area contributed by atoms with Gasteiger partial charge in [0.25, 0.3) is 0 Å². The van der Waals surface area contributed by atoms with Crippen LogP contribution in [0.4, 0.5) is 13.2 Å². The zero-order valence-electron chi connectivity index (χ0n) is 26.9. The van der Waals surface area contributed by atoms with Gasteiger partial charge in [-0.15, -0.1) is 0 Å². The van der Waals surface area contributed by atoms with Gasteiger partial charge in [0.1, 0.15) is 18.6 Å². The second-order valence-corrected chi connectivity index (χ2v) is 11.9. The lowest BCUT2D eigenvalue weighted by Gasteiger charge is -2.45. The molecule has 8 nitrogen and oxygen atoms in total. The van der Waals surface area contributed by atoms with Crippen molar-refractivity contribution in [3.05, 3.63) is 156 Å². The number of carbonyl (C=O) groups excluding carboxylic acids is 4. The van der Waals surface area contributed by atoms with E-state index in [2.05, 4.69) is 0 Å². The van der Waals surface area contributed by atoms with Gasteiger partial charge in [-0.2, -0.15) is 13.2 Å². The molecule has 0 N–H and O–H groups in total. The summed E-state index contributed by atoms with van der Waals surface area (Å²) in [6.07, 6.45) is -13.6. The Morgan fingerprint density at radius 3 is 1.59 bits per heavy atom. The molecule has 5 atom stereocenters. The first kappa shape index (κ1) is 35.0. The lowest BCUT2D eigenvalue weighted by Crippen LogP contribution is -2.62. The quantitative estimate of drug-likeness (QED) is 0.0833. The molecule has 5 unspecified atom stereocenters. The molecule has 0 radical (unpaired) electrons. The van der Waals surface area contributed by atoms with Crippen LogP contribution in [0, 0.1) is 5.92 Å². The number of rotatable bonds is 10. The molecular formula is C40H31F3O8. The van der Waals surface area contributed by atoms with E-state index >= 15 is 13.2 Å². The van der Waals surface area contributed by atoms with Gasteiger partial charge >= 0.3 is 24.1 Å². The maximum atomic E-state index is 15.2. The molecule has 0 amide bonds. The summed E-state index contributed by atoms with van der Waals surface area (Å²) in [6.45, 7) is -0.703. The van der Waals surface area contributed by atoms with Crippen LogP contribution in [0.2, 0.25) is 0 Å². The monoisotopic (exact) mass is 696 g/mol. The summed E-state index contributed by atoms with van der Waals surface area (Å²) in [7, 11) is 0. The van der Waals surface area contributed by atoms with Gasteiger partial charge in [-0.25, -0.2) is 14.4 Å². The molecule has 51 heavy (non-hydrogen) atoms. The van der Waals surface area contributed by atoms with Crippen LogP contribution in [0.5, 0.6) is 0 Å². The Kier molecular flexibility index (Phi) is 10.6. The van der Waals surface area contributed by atoms with Crippen LogP contribution in [-0.4, -0.2) is 60.9 Å². The van der Waals surface area contributed by atoms with E-state index in [1.165, 1.54) is 66.7 Å². The molecular weight excluding hydrogens is 665 g/mol. The predicted octanol–water partition coefficient (Wildman–Crippen LogP) is 7.67. The number of ether oxygens (including phenoxy) is 4. The molecule has 11 heteroatoms. The minimum atomic E-state index is -5.13. The Morgan fingerprint density at radius 2 is 1.04 bits per heavy atom. The van der Waals surface area contributed by atoms with Crippen molar-refractivity contribution in [2.75, 3.05) is 6.61 Å². The van der Waals surface area contributed by atoms with Crippen LogP contribution < -0.4 is 0 Å². The summed E-state index contributed by atoms with van der Waals surface area (Å²) < 4.78 is 68.4. The van der Waals surface area contributed by atoms with Crippen molar-refractivity contribution in [1.82, 2.24) is 0 Å². The van der Waals surface area contributed by atoms with E-state index < -0.39 is 73.2 Å². The first-order valence-electron chi connectivity index (χ1n) is 16.1. The van der Waals surface area contributed by atoms with Crippen molar-refractivity contribution in [2.24, 2.45) is 5.92 Å². The summed E-state index contributed by atoms with van der Waals surface area (Å²) in [5.41, 5.74) is 0.229. The zero-order valence-corrected chi connectivity index (χ0v) is 26.9. The fourth-order valence-corrected chi connectivity index (χ4v) is 6.01. The Labute approximate surface area is 290 Å². The van der Waals surface area contributed by atoms with Gasteiger partial charge < -0.3 is 18.9 Å². The maximum absolute atomic E-state index is 15.2. The first-order chi connectivity index (χ1) is 24.6. The number of hydrogen-bond donors (Lipinski definition) is 0. The van der Waals surface area contributed by atoms with Crippen LogP contribution >= 0.6 is 0 Å². The fraction of sp³-hybridized carbons (Fsp3) is 0.200. The number of benzene rings is 5. The molecule has 0 bridgehead atoms. The number of fused-ring (bicyclic) bond motifs is 1. The summed E-state index contributed by atoms with van der Waals surface area (Å²) in [5, 5.41) is 1.53. The van der Waals surface area contributed by atoms with Crippen LogP contribution in [0.25, 0.3) is 10.8 Å². The van der Waals surface area contributed by atoms with Gasteiger partial charge in [0.05, 0.1) is 22.8 Å². The lowest BCUT2D eigenvalue weighted by molar-refractivity contribution is -0.289. The van der Waals surface area contributed by atoms with E-state index in [0.717, 1.165) is 5.39 Å². The van der Waals surface area contributed by atoms with Crippen LogP contribution in [0.1, 0.15) is 47.9 Å². The normalized spacial score (nSPS) is 20.3. The summed E-state index contributed by atoms with van der Waals surface area (Å²) in [6, 6.07) is 34.6. The number of Topliss-reactive ketones (excluding diaryl/α,β-unsaturated/α-hetero) is 1. The maximum Gasteiger partial charge on any atom is 0.398 e. The number of carbonyl (C=O) groups is 4. The van der Waals surface area contributed by atoms with E-state index in [9.17, 15) is 19.2 Å². The molecule has 5 aromatic rings. The Morgan fingerprint density at radius 1 is 0.549 bits per heavy atom. The van der Waals surface area contributed by atoms with Crippen molar-refractivity contribution in [3.63, 3.8) is 0 Å². The standard InChI is InChI=1S/C40H31F3O8/c41-40(42,43)34-32(23-31(44)30-21-20-25-12-10-11-19-29(25)22-30)49-33(24-48-37(45)26-13-4-1-5-14-26)35(50-38(46)27-15-6-2-7-16-27)36(34)51-39(47)28-17-8-3-9-18-28/h1-22,32-36H,23-24H2. The third kappa shape index (κ3) is 8.33. The van der Waals surface area contributed by atoms with Crippen LogP contribution in [0.15, 0.2) is 133 Å². The third-order valence-corrected chi connectivity index (χ3v) is 8.52. The Balaban J connectivity index is 1.39. The molecule has 0 spiro atoms. The van der Waals surface area contributed by atoms with Gasteiger partial charge in [0.2, 0.25) is 0 Å².